The Kier molecular flexibility index (Phi) is 6.03. The van der Waals surface area contributed by atoms with Crippen molar-refractivity contribution in [1.29, 1.82) is 0 Å². The Bertz CT molecular complexity index is 1050. The molecule has 168 valence electrons. The molecule has 4 rings (SSSR count). The fourth-order valence-corrected chi connectivity index (χ4v) is 4.51. The molecule has 2 aromatic rings. The molecule has 1 spiro atoms. The molecule has 1 heterocycles. The monoisotopic (exact) mass is 437 g/mol. The molecule has 1 fully saturated rings. The van der Waals surface area contributed by atoms with Crippen LogP contribution in [0.2, 0.25) is 0 Å². The zero-order valence-electron chi connectivity index (χ0n) is 18.3. The first-order valence-electron chi connectivity index (χ1n) is 10.7. The minimum absolute atomic E-state index is 0.233. The van der Waals surface area contributed by atoms with Gasteiger partial charge in [0.2, 0.25) is 5.91 Å². The molecule has 1 unspecified atom stereocenters. The minimum atomic E-state index is -1.09. The molecule has 8 heteroatoms. The standard InChI is InChI=1S/C24H27N3O5/c1-31-19-11-10-16(13-20(19)32-2)14-25-21(28)15-27-22(29)24(26-23(27)30)12-6-5-8-17-7-3-4-9-18(17)24/h3-4,7,9-11,13H,5-6,8,12,14-15H2,1-2H3,(H,25,28)(H,26,30). The summed E-state index contributed by atoms with van der Waals surface area (Å²) in [4.78, 5) is 39.7. The molecule has 0 aromatic heterocycles. The molecule has 8 nitrogen and oxygen atoms in total. The number of rotatable bonds is 6. The van der Waals surface area contributed by atoms with Crippen LogP contribution in [0.3, 0.4) is 0 Å². The average molecular weight is 437 g/mol. The van der Waals surface area contributed by atoms with Gasteiger partial charge in [0.15, 0.2) is 11.5 Å². The van der Waals surface area contributed by atoms with E-state index < -0.39 is 17.5 Å². The Hall–Kier alpha value is -3.55. The quantitative estimate of drug-likeness (QED) is 0.677. The highest BCUT2D eigenvalue weighted by atomic mass is 16.5. The second kappa shape index (κ2) is 8.90. The van der Waals surface area contributed by atoms with Crippen LogP contribution in [0, 0.1) is 0 Å². The number of carbonyl (C=O) groups excluding carboxylic acids is 3. The van der Waals surface area contributed by atoms with Crippen molar-refractivity contribution >= 4 is 17.8 Å². The van der Waals surface area contributed by atoms with Crippen LogP contribution < -0.4 is 20.1 Å². The molecule has 1 aliphatic carbocycles. The van der Waals surface area contributed by atoms with E-state index in [4.69, 9.17) is 9.47 Å². The first-order valence-corrected chi connectivity index (χ1v) is 10.7. The van der Waals surface area contributed by atoms with Crippen LogP contribution >= 0.6 is 0 Å². The van der Waals surface area contributed by atoms with Gasteiger partial charge in [0.05, 0.1) is 14.2 Å². The van der Waals surface area contributed by atoms with Gasteiger partial charge in [-0.25, -0.2) is 4.79 Å². The number of carbonyl (C=O) groups is 3. The van der Waals surface area contributed by atoms with Crippen LogP contribution in [0.25, 0.3) is 0 Å². The van der Waals surface area contributed by atoms with E-state index in [0.717, 1.165) is 40.9 Å². The van der Waals surface area contributed by atoms with Crippen molar-refractivity contribution in [2.24, 2.45) is 0 Å². The highest BCUT2D eigenvalue weighted by Gasteiger charge is 2.53. The number of aryl methyl sites for hydroxylation is 1. The average Bonchev–Trinajstić information content (AvgIpc) is 2.94. The van der Waals surface area contributed by atoms with Gasteiger partial charge in [0, 0.05) is 6.54 Å². The molecular formula is C24H27N3O5. The summed E-state index contributed by atoms with van der Waals surface area (Å²) in [6, 6.07) is 12.5. The molecule has 4 amide bonds. The summed E-state index contributed by atoms with van der Waals surface area (Å²) in [5, 5.41) is 5.67. The normalized spacial score (nSPS) is 19.9. The minimum Gasteiger partial charge on any atom is -0.493 e. The molecule has 1 atom stereocenters. The molecule has 1 saturated heterocycles. The summed E-state index contributed by atoms with van der Waals surface area (Å²) in [7, 11) is 3.09. The number of imide groups is 1. The van der Waals surface area contributed by atoms with Crippen molar-refractivity contribution in [3.63, 3.8) is 0 Å². The third kappa shape index (κ3) is 3.88. The summed E-state index contributed by atoms with van der Waals surface area (Å²) in [5.41, 5.74) is 1.62. The highest BCUT2D eigenvalue weighted by molar-refractivity contribution is 6.09. The number of hydrogen-bond acceptors (Lipinski definition) is 5. The number of ether oxygens (including phenoxy) is 2. The second-order valence-electron chi connectivity index (χ2n) is 8.06. The van der Waals surface area contributed by atoms with E-state index in [1.807, 2.05) is 30.3 Å². The van der Waals surface area contributed by atoms with Gasteiger partial charge in [-0.3, -0.25) is 14.5 Å². The number of methoxy groups -OCH3 is 2. The van der Waals surface area contributed by atoms with Crippen LogP contribution in [-0.2, 0) is 28.1 Å². The van der Waals surface area contributed by atoms with E-state index in [1.54, 1.807) is 26.4 Å². The second-order valence-corrected chi connectivity index (χ2v) is 8.06. The highest BCUT2D eigenvalue weighted by Crippen LogP contribution is 2.38. The largest absolute Gasteiger partial charge is 0.493 e. The SMILES string of the molecule is COc1ccc(CNC(=O)CN2C(=O)NC3(CCCCc4ccccc43)C2=O)cc1OC. The summed E-state index contributed by atoms with van der Waals surface area (Å²) in [6.45, 7) is -0.0985. The van der Waals surface area contributed by atoms with E-state index in [-0.39, 0.29) is 19.0 Å². The van der Waals surface area contributed by atoms with Crippen LogP contribution in [0.15, 0.2) is 42.5 Å². The van der Waals surface area contributed by atoms with E-state index in [2.05, 4.69) is 10.6 Å². The molecule has 32 heavy (non-hydrogen) atoms. The van der Waals surface area contributed by atoms with Crippen LogP contribution in [0.5, 0.6) is 11.5 Å². The number of nitrogens with one attached hydrogen (secondary N) is 2. The van der Waals surface area contributed by atoms with Gasteiger partial charge in [-0.05, 0) is 54.5 Å². The molecule has 2 N–H and O–H groups in total. The molecule has 0 saturated carbocycles. The summed E-state index contributed by atoms with van der Waals surface area (Å²) >= 11 is 0. The van der Waals surface area contributed by atoms with Crippen molar-refractivity contribution in [2.45, 2.75) is 37.8 Å². The molecule has 0 bridgehead atoms. The van der Waals surface area contributed by atoms with Gasteiger partial charge in [-0.15, -0.1) is 0 Å². The Morgan fingerprint density at radius 3 is 2.66 bits per heavy atom. The maximum atomic E-state index is 13.4. The topological polar surface area (TPSA) is 97.0 Å². The molecule has 1 aliphatic heterocycles. The van der Waals surface area contributed by atoms with Gasteiger partial charge >= 0.3 is 6.03 Å². The van der Waals surface area contributed by atoms with E-state index in [0.29, 0.717) is 17.9 Å². The summed E-state index contributed by atoms with van der Waals surface area (Å²) in [5.74, 6) is 0.374. The van der Waals surface area contributed by atoms with Gasteiger partial charge in [-0.2, -0.15) is 0 Å². The third-order valence-corrected chi connectivity index (χ3v) is 6.14. The Morgan fingerprint density at radius 1 is 1.09 bits per heavy atom. The fourth-order valence-electron chi connectivity index (χ4n) is 4.51. The number of nitrogens with zero attached hydrogens (tertiary/aromatic N) is 1. The van der Waals surface area contributed by atoms with Crippen molar-refractivity contribution in [1.82, 2.24) is 15.5 Å². The fraction of sp³-hybridized carbons (Fsp3) is 0.375. The number of urea groups is 1. The van der Waals surface area contributed by atoms with Crippen molar-refractivity contribution < 1.29 is 23.9 Å². The number of hydrogen-bond donors (Lipinski definition) is 2. The van der Waals surface area contributed by atoms with Crippen LogP contribution in [0.1, 0.15) is 36.0 Å². The third-order valence-electron chi connectivity index (χ3n) is 6.14. The van der Waals surface area contributed by atoms with Gasteiger partial charge in [0.1, 0.15) is 12.1 Å². The molecular weight excluding hydrogens is 410 g/mol. The summed E-state index contributed by atoms with van der Waals surface area (Å²) in [6.07, 6.45) is 3.17. The number of benzene rings is 2. The zero-order valence-corrected chi connectivity index (χ0v) is 18.3. The van der Waals surface area contributed by atoms with Crippen LogP contribution in [0.4, 0.5) is 4.79 Å². The molecule has 2 aromatic carbocycles. The number of fused-ring (bicyclic) bond motifs is 2. The zero-order chi connectivity index (χ0) is 22.7. The lowest BCUT2D eigenvalue weighted by Crippen LogP contribution is -2.45. The van der Waals surface area contributed by atoms with Crippen molar-refractivity contribution in [3.8, 4) is 11.5 Å². The smallest absolute Gasteiger partial charge is 0.325 e. The summed E-state index contributed by atoms with van der Waals surface area (Å²) < 4.78 is 10.5. The lowest BCUT2D eigenvalue weighted by Gasteiger charge is -2.27. The Balaban J connectivity index is 1.46. The van der Waals surface area contributed by atoms with Gasteiger partial charge in [0.25, 0.3) is 5.91 Å². The van der Waals surface area contributed by atoms with Gasteiger partial charge in [-0.1, -0.05) is 30.3 Å². The van der Waals surface area contributed by atoms with E-state index >= 15 is 0 Å². The lowest BCUT2D eigenvalue weighted by molar-refractivity contribution is -0.135. The van der Waals surface area contributed by atoms with Crippen molar-refractivity contribution in [3.05, 3.63) is 59.2 Å². The maximum absolute atomic E-state index is 13.4. The van der Waals surface area contributed by atoms with Gasteiger partial charge < -0.3 is 20.1 Å². The predicted molar refractivity (Wildman–Crippen MR) is 117 cm³/mol. The maximum Gasteiger partial charge on any atom is 0.325 e. The Labute approximate surface area is 186 Å². The van der Waals surface area contributed by atoms with E-state index in [9.17, 15) is 14.4 Å². The number of amides is 4. The van der Waals surface area contributed by atoms with Crippen molar-refractivity contribution in [2.75, 3.05) is 20.8 Å². The first kappa shape index (κ1) is 21.7. The molecule has 2 aliphatic rings. The predicted octanol–water partition coefficient (Wildman–Crippen LogP) is 2.49. The van der Waals surface area contributed by atoms with E-state index in [1.165, 1.54) is 0 Å². The lowest BCUT2D eigenvalue weighted by atomic mass is 9.84. The first-order chi connectivity index (χ1) is 15.5. The molecule has 0 radical (unpaired) electrons. The van der Waals surface area contributed by atoms with Crippen LogP contribution in [-0.4, -0.2) is 43.5 Å². The Morgan fingerprint density at radius 2 is 1.88 bits per heavy atom.